The second-order valence-electron chi connectivity index (χ2n) is 6.67. The molecule has 0 saturated carbocycles. The number of anilines is 1. The number of ether oxygens (including phenoxy) is 1. The summed E-state index contributed by atoms with van der Waals surface area (Å²) in [5, 5.41) is 1.75. The van der Waals surface area contributed by atoms with Gasteiger partial charge in [-0.1, -0.05) is 34.5 Å². The van der Waals surface area contributed by atoms with Crippen LogP contribution in [-0.2, 0) is 0 Å². The van der Waals surface area contributed by atoms with Gasteiger partial charge in [-0.3, -0.25) is 9.69 Å². The zero-order valence-corrected chi connectivity index (χ0v) is 18.5. The summed E-state index contributed by atoms with van der Waals surface area (Å²) in [4.78, 5) is 21.8. The molecule has 0 atom stereocenters. The minimum atomic E-state index is -0.205. The van der Waals surface area contributed by atoms with E-state index in [4.69, 9.17) is 32.9 Å². The Hall–Kier alpha value is -1.86. The summed E-state index contributed by atoms with van der Waals surface area (Å²) in [6, 6.07) is 8.77. The number of aromatic nitrogens is 1. The Bertz CT molecular complexity index is 1020. The molecule has 3 aromatic rings. The molecule has 0 unspecified atom stereocenters. The van der Waals surface area contributed by atoms with Gasteiger partial charge in [0.15, 0.2) is 5.13 Å². The molecule has 1 aromatic heterocycles. The third-order valence-corrected chi connectivity index (χ3v) is 5.76. The molecule has 0 aliphatic carbocycles. The fourth-order valence-electron chi connectivity index (χ4n) is 2.83. The third kappa shape index (κ3) is 4.41. The maximum absolute atomic E-state index is 13.4. The van der Waals surface area contributed by atoms with Gasteiger partial charge in [0, 0.05) is 23.1 Å². The number of halogens is 2. The largest absolute Gasteiger partial charge is 0.496 e. The molecule has 2 aromatic carbocycles. The van der Waals surface area contributed by atoms with Crippen LogP contribution in [0, 0.1) is 6.92 Å². The van der Waals surface area contributed by atoms with Gasteiger partial charge in [0.05, 0.1) is 22.9 Å². The molecule has 0 spiro atoms. The predicted octanol–water partition coefficient (Wildman–Crippen LogP) is 5.13. The van der Waals surface area contributed by atoms with E-state index in [2.05, 4.69) is 0 Å². The van der Waals surface area contributed by atoms with Gasteiger partial charge >= 0.3 is 0 Å². The van der Waals surface area contributed by atoms with Crippen LogP contribution in [0.1, 0.15) is 15.9 Å². The summed E-state index contributed by atoms with van der Waals surface area (Å²) in [5.41, 5.74) is 2.23. The van der Waals surface area contributed by atoms with E-state index in [1.54, 1.807) is 23.1 Å². The topological polar surface area (TPSA) is 45.7 Å². The number of rotatable bonds is 6. The van der Waals surface area contributed by atoms with E-state index in [-0.39, 0.29) is 5.91 Å². The Morgan fingerprint density at radius 2 is 1.89 bits per heavy atom. The van der Waals surface area contributed by atoms with Crippen molar-refractivity contribution in [2.75, 3.05) is 39.2 Å². The van der Waals surface area contributed by atoms with Crippen LogP contribution in [0.25, 0.3) is 10.2 Å². The fourth-order valence-corrected chi connectivity index (χ4v) is 4.45. The SMILES string of the molecule is COc1ccc(Cl)cc1C(=O)N(CCN(C)C)c1nc2c(C)cc(Cl)cc2s1. The lowest BCUT2D eigenvalue weighted by Crippen LogP contribution is -2.37. The van der Waals surface area contributed by atoms with E-state index in [1.165, 1.54) is 18.4 Å². The smallest absolute Gasteiger partial charge is 0.263 e. The van der Waals surface area contributed by atoms with E-state index in [9.17, 15) is 4.79 Å². The molecule has 3 rings (SSSR count). The number of likely N-dealkylation sites (N-methyl/N-ethyl adjacent to an activating group) is 1. The van der Waals surface area contributed by atoms with Crippen molar-refractivity contribution in [2.24, 2.45) is 0 Å². The second-order valence-corrected chi connectivity index (χ2v) is 8.55. The highest BCUT2D eigenvalue weighted by atomic mass is 35.5. The highest BCUT2D eigenvalue weighted by Gasteiger charge is 2.25. The first-order valence-corrected chi connectivity index (χ1v) is 10.2. The van der Waals surface area contributed by atoms with E-state index < -0.39 is 0 Å². The number of hydrogen-bond acceptors (Lipinski definition) is 5. The van der Waals surface area contributed by atoms with Crippen molar-refractivity contribution in [1.82, 2.24) is 9.88 Å². The molecule has 0 fully saturated rings. The highest BCUT2D eigenvalue weighted by molar-refractivity contribution is 7.22. The molecule has 0 bridgehead atoms. The van der Waals surface area contributed by atoms with E-state index >= 15 is 0 Å². The summed E-state index contributed by atoms with van der Waals surface area (Å²) >= 11 is 13.8. The Kier molecular flexibility index (Phi) is 6.45. The first-order chi connectivity index (χ1) is 13.3. The predicted molar refractivity (Wildman–Crippen MR) is 118 cm³/mol. The van der Waals surface area contributed by atoms with Gasteiger partial charge in [0.1, 0.15) is 5.75 Å². The van der Waals surface area contributed by atoms with Gasteiger partial charge in [-0.2, -0.15) is 0 Å². The molecule has 0 N–H and O–H groups in total. The van der Waals surface area contributed by atoms with Crippen molar-refractivity contribution in [1.29, 1.82) is 0 Å². The normalized spacial score (nSPS) is 11.2. The lowest BCUT2D eigenvalue weighted by molar-refractivity contribution is 0.0982. The van der Waals surface area contributed by atoms with Gasteiger partial charge in [-0.15, -0.1) is 0 Å². The first-order valence-electron chi connectivity index (χ1n) is 8.67. The molecule has 8 heteroatoms. The lowest BCUT2D eigenvalue weighted by Gasteiger charge is -2.23. The standard InChI is InChI=1S/C20H21Cl2N3O2S/c1-12-9-14(22)11-17-18(12)23-20(28-17)25(8-7-24(2)3)19(26)15-10-13(21)5-6-16(15)27-4/h5-6,9-11H,7-8H2,1-4H3. The molecule has 5 nitrogen and oxygen atoms in total. The molecule has 0 aliphatic heterocycles. The maximum atomic E-state index is 13.4. The first kappa shape index (κ1) is 20.9. The van der Waals surface area contributed by atoms with E-state index in [0.29, 0.717) is 39.6 Å². The molecular formula is C20H21Cl2N3O2S. The average molecular weight is 438 g/mol. The molecule has 0 aliphatic rings. The monoisotopic (exact) mass is 437 g/mol. The zero-order chi connectivity index (χ0) is 20.4. The van der Waals surface area contributed by atoms with E-state index in [0.717, 1.165) is 15.8 Å². The van der Waals surface area contributed by atoms with E-state index in [1.807, 2.05) is 38.1 Å². The number of nitrogens with zero attached hydrogens (tertiary/aromatic N) is 3. The van der Waals surface area contributed by atoms with Crippen LogP contribution in [0.3, 0.4) is 0 Å². The van der Waals surface area contributed by atoms with Crippen LogP contribution in [0.15, 0.2) is 30.3 Å². The molecule has 0 radical (unpaired) electrons. The van der Waals surface area contributed by atoms with Crippen molar-refractivity contribution in [3.8, 4) is 5.75 Å². The molecule has 1 amide bonds. The Morgan fingerprint density at radius 1 is 1.14 bits per heavy atom. The van der Waals surface area contributed by atoms with Gasteiger partial charge in [0.2, 0.25) is 0 Å². The third-order valence-electron chi connectivity index (χ3n) is 4.28. The number of amides is 1. The molecule has 1 heterocycles. The molecule has 0 saturated heterocycles. The summed E-state index contributed by atoms with van der Waals surface area (Å²) in [6.45, 7) is 3.13. The quantitative estimate of drug-likeness (QED) is 0.536. The Morgan fingerprint density at radius 3 is 2.57 bits per heavy atom. The van der Waals surface area contributed by atoms with Crippen LogP contribution in [0.4, 0.5) is 5.13 Å². The maximum Gasteiger partial charge on any atom is 0.263 e. The summed E-state index contributed by atoms with van der Waals surface area (Å²) in [6.07, 6.45) is 0. The van der Waals surface area contributed by atoms with Crippen LogP contribution in [-0.4, -0.2) is 50.1 Å². The molecule has 148 valence electrons. The van der Waals surface area contributed by atoms with Gasteiger partial charge in [-0.25, -0.2) is 4.98 Å². The number of benzene rings is 2. The van der Waals surface area contributed by atoms with Crippen LogP contribution < -0.4 is 9.64 Å². The summed E-state index contributed by atoms with van der Waals surface area (Å²) < 4.78 is 6.32. The van der Waals surface area contributed by atoms with Gasteiger partial charge in [0.25, 0.3) is 5.91 Å². The van der Waals surface area contributed by atoms with Crippen molar-refractivity contribution < 1.29 is 9.53 Å². The molecule has 28 heavy (non-hydrogen) atoms. The Balaban J connectivity index is 2.08. The van der Waals surface area contributed by atoms with Crippen molar-refractivity contribution in [2.45, 2.75) is 6.92 Å². The van der Waals surface area contributed by atoms with Crippen LogP contribution in [0.2, 0.25) is 10.0 Å². The second kappa shape index (κ2) is 8.66. The summed E-state index contributed by atoms with van der Waals surface area (Å²) in [7, 11) is 5.46. The fraction of sp³-hybridized carbons (Fsp3) is 0.300. The van der Waals surface area contributed by atoms with Crippen molar-refractivity contribution in [3.63, 3.8) is 0 Å². The molecular weight excluding hydrogens is 417 g/mol. The number of carbonyl (C=O) groups is 1. The van der Waals surface area contributed by atoms with Gasteiger partial charge in [-0.05, 0) is 56.9 Å². The van der Waals surface area contributed by atoms with Crippen molar-refractivity contribution >= 4 is 55.8 Å². The number of fused-ring (bicyclic) bond motifs is 1. The minimum absolute atomic E-state index is 0.205. The number of aryl methyl sites for hydroxylation is 1. The number of methoxy groups -OCH3 is 1. The number of carbonyl (C=O) groups excluding carboxylic acids is 1. The average Bonchev–Trinajstić information content (AvgIpc) is 3.05. The number of hydrogen-bond donors (Lipinski definition) is 0. The lowest BCUT2D eigenvalue weighted by atomic mass is 10.1. The number of thiazole rings is 1. The van der Waals surface area contributed by atoms with Crippen LogP contribution >= 0.6 is 34.5 Å². The van der Waals surface area contributed by atoms with Crippen molar-refractivity contribution in [3.05, 3.63) is 51.5 Å². The Labute approximate surface area is 178 Å². The van der Waals surface area contributed by atoms with Crippen LogP contribution in [0.5, 0.6) is 5.75 Å². The zero-order valence-electron chi connectivity index (χ0n) is 16.1. The summed E-state index contributed by atoms with van der Waals surface area (Å²) in [5.74, 6) is 0.272. The minimum Gasteiger partial charge on any atom is -0.496 e. The highest BCUT2D eigenvalue weighted by Crippen LogP contribution is 2.34. The van der Waals surface area contributed by atoms with Gasteiger partial charge < -0.3 is 9.64 Å².